The Morgan fingerprint density at radius 3 is 2.23 bits per heavy atom. The monoisotopic (exact) mass is 422 g/mol. The van der Waals surface area contributed by atoms with E-state index in [-0.39, 0.29) is 12.1 Å². The Morgan fingerprint density at radius 2 is 1.58 bits per heavy atom. The van der Waals surface area contributed by atoms with Gasteiger partial charge in [-0.05, 0) is 54.1 Å². The molecule has 4 rings (SSSR count). The minimum atomic E-state index is -0.0249. The average molecular weight is 423 g/mol. The summed E-state index contributed by atoms with van der Waals surface area (Å²) in [4.78, 5) is 4.84. The summed E-state index contributed by atoms with van der Waals surface area (Å²) < 4.78 is 12.8. The number of methoxy groups -OCH3 is 2. The highest BCUT2D eigenvalue weighted by Crippen LogP contribution is 2.33. The third kappa shape index (κ3) is 4.34. The number of aromatic nitrogens is 4. The van der Waals surface area contributed by atoms with E-state index < -0.39 is 0 Å². The van der Waals surface area contributed by atoms with Crippen molar-refractivity contribution >= 4 is 5.69 Å². The number of anilines is 1. The van der Waals surface area contributed by atoms with Gasteiger partial charge in [0.05, 0.1) is 32.0 Å². The second kappa shape index (κ2) is 9.34. The summed E-state index contributed by atoms with van der Waals surface area (Å²) in [6.07, 6.45) is 0. The van der Waals surface area contributed by atoms with E-state index in [2.05, 4.69) is 63.4 Å². The van der Waals surface area contributed by atoms with Gasteiger partial charge in [0, 0.05) is 26.2 Å². The summed E-state index contributed by atoms with van der Waals surface area (Å²) in [6.45, 7) is 7.78. The van der Waals surface area contributed by atoms with E-state index in [1.54, 1.807) is 14.2 Å². The molecule has 8 nitrogen and oxygen atoms in total. The summed E-state index contributed by atoms with van der Waals surface area (Å²) >= 11 is 0. The zero-order valence-electron chi connectivity index (χ0n) is 18.6. The summed E-state index contributed by atoms with van der Waals surface area (Å²) in [6, 6.07) is 16.6. The normalized spacial score (nSPS) is 15.8. The fraction of sp³-hybridized carbons (Fsp3) is 0.435. The van der Waals surface area contributed by atoms with Gasteiger partial charge in [-0.2, -0.15) is 0 Å². The molecular weight excluding hydrogens is 392 g/mol. The largest absolute Gasteiger partial charge is 0.497 e. The third-order valence-electron chi connectivity index (χ3n) is 5.79. The Morgan fingerprint density at radius 1 is 0.871 bits per heavy atom. The van der Waals surface area contributed by atoms with E-state index >= 15 is 0 Å². The van der Waals surface area contributed by atoms with Crippen molar-refractivity contribution in [2.75, 3.05) is 45.3 Å². The molecule has 0 amide bonds. The molecule has 3 aromatic rings. The Balaban J connectivity index is 1.61. The van der Waals surface area contributed by atoms with E-state index in [0.29, 0.717) is 0 Å². The zero-order chi connectivity index (χ0) is 21.8. The molecule has 8 heteroatoms. The lowest BCUT2D eigenvalue weighted by Crippen LogP contribution is -2.48. The second-order valence-electron chi connectivity index (χ2n) is 7.95. The molecule has 31 heavy (non-hydrogen) atoms. The van der Waals surface area contributed by atoms with Crippen LogP contribution in [0.25, 0.3) is 0 Å². The summed E-state index contributed by atoms with van der Waals surface area (Å²) in [5.74, 6) is 2.62. The molecule has 1 fully saturated rings. The quantitative estimate of drug-likeness (QED) is 0.579. The van der Waals surface area contributed by atoms with E-state index in [1.165, 1.54) is 0 Å². The fourth-order valence-corrected chi connectivity index (χ4v) is 4.17. The minimum absolute atomic E-state index is 0.0249. The van der Waals surface area contributed by atoms with Crippen molar-refractivity contribution in [1.82, 2.24) is 25.1 Å². The summed E-state index contributed by atoms with van der Waals surface area (Å²) in [7, 11) is 3.41. The van der Waals surface area contributed by atoms with Crippen molar-refractivity contribution in [2.45, 2.75) is 25.9 Å². The minimum Gasteiger partial charge on any atom is -0.497 e. The van der Waals surface area contributed by atoms with Gasteiger partial charge in [0.2, 0.25) is 0 Å². The van der Waals surface area contributed by atoms with Crippen LogP contribution in [-0.2, 0) is 0 Å². The Hall–Kier alpha value is -3.13. The molecule has 2 heterocycles. The maximum atomic E-state index is 5.57. The van der Waals surface area contributed by atoms with Crippen molar-refractivity contribution in [3.05, 3.63) is 59.9 Å². The van der Waals surface area contributed by atoms with E-state index in [4.69, 9.17) is 9.47 Å². The van der Waals surface area contributed by atoms with Gasteiger partial charge in [0.25, 0.3) is 0 Å². The van der Waals surface area contributed by atoms with Gasteiger partial charge in [-0.25, -0.2) is 4.68 Å². The molecule has 1 saturated heterocycles. The predicted octanol–water partition coefficient (Wildman–Crippen LogP) is 3.18. The van der Waals surface area contributed by atoms with Crippen LogP contribution in [0.3, 0.4) is 0 Å². The Labute approximate surface area is 183 Å². The summed E-state index contributed by atoms with van der Waals surface area (Å²) in [5, 5.41) is 12.7. The van der Waals surface area contributed by atoms with Crippen molar-refractivity contribution in [3.8, 4) is 11.5 Å². The fourth-order valence-electron chi connectivity index (χ4n) is 4.17. The first-order chi connectivity index (χ1) is 15.1. The highest BCUT2D eigenvalue weighted by Gasteiger charge is 2.31. The molecule has 0 saturated carbocycles. The molecule has 1 aliphatic heterocycles. The van der Waals surface area contributed by atoms with Gasteiger partial charge in [0.15, 0.2) is 5.82 Å². The van der Waals surface area contributed by atoms with E-state index in [1.807, 2.05) is 28.9 Å². The van der Waals surface area contributed by atoms with Crippen LogP contribution in [0.15, 0.2) is 48.5 Å². The smallest absolute Gasteiger partial charge is 0.173 e. The molecule has 0 N–H and O–H groups in total. The molecular formula is C23H30N6O2. The Bertz CT molecular complexity index is 980. The highest BCUT2D eigenvalue weighted by atomic mass is 16.5. The number of para-hydroxylation sites is 2. The van der Waals surface area contributed by atoms with Crippen LogP contribution in [0.5, 0.6) is 11.5 Å². The first-order valence-corrected chi connectivity index (χ1v) is 10.7. The molecule has 1 atom stereocenters. The van der Waals surface area contributed by atoms with Crippen LogP contribution in [0.1, 0.15) is 37.3 Å². The molecule has 1 aromatic heterocycles. The number of nitrogens with zero attached hydrogens (tertiary/aromatic N) is 6. The molecule has 0 spiro atoms. The Kier molecular flexibility index (Phi) is 6.36. The van der Waals surface area contributed by atoms with Crippen LogP contribution in [-0.4, -0.2) is 65.5 Å². The lowest BCUT2D eigenvalue weighted by molar-refractivity contribution is 0.198. The SMILES string of the molecule is COc1ccc([C@@H](c2nnnn2C(C)C)N2CCN(c3ccccc3OC)CC2)cc1. The lowest BCUT2D eigenvalue weighted by atomic mass is 10.0. The van der Waals surface area contributed by atoms with Gasteiger partial charge < -0.3 is 14.4 Å². The van der Waals surface area contributed by atoms with Crippen molar-refractivity contribution in [1.29, 1.82) is 0 Å². The number of piperazine rings is 1. The molecule has 1 aliphatic rings. The highest BCUT2D eigenvalue weighted by molar-refractivity contribution is 5.58. The third-order valence-corrected chi connectivity index (χ3v) is 5.79. The number of benzene rings is 2. The number of hydrogen-bond donors (Lipinski definition) is 0. The first-order valence-electron chi connectivity index (χ1n) is 10.7. The lowest BCUT2D eigenvalue weighted by Gasteiger charge is -2.40. The van der Waals surface area contributed by atoms with Crippen molar-refractivity contribution < 1.29 is 9.47 Å². The van der Waals surface area contributed by atoms with Crippen LogP contribution in [0.2, 0.25) is 0 Å². The van der Waals surface area contributed by atoms with Gasteiger partial charge in [-0.1, -0.05) is 24.3 Å². The van der Waals surface area contributed by atoms with Gasteiger partial charge >= 0.3 is 0 Å². The molecule has 2 aromatic carbocycles. The van der Waals surface area contributed by atoms with Crippen molar-refractivity contribution in [2.24, 2.45) is 0 Å². The van der Waals surface area contributed by atoms with Crippen LogP contribution in [0.4, 0.5) is 5.69 Å². The predicted molar refractivity (Wildman–Crippen MR) is 120 cm³/mol. The standard InChI is InChI=1S/C23H30N6O2/c1-17(2)29-23(24-25-26-29)22(18-9-11-19(30-3)12-10-18)28-15-13-27(14-16-28)20-7-5-6-8-21(20)31-4/h5-12,17,22H,13-16H2,1-4H3/t22-/m0/s1. The second-order valence-corrected chi connectivity index (χ2v) is 7.95. The average Bonchev–Trinajstić information content (AvgIpc) is 3.30. The van der Waals surface area contributed by atoms with Crippen LogP contribution in [0, 0.1) is 0 Å². The molecule has 0 radical (unpaired) electrons. The number of hydrogen-bond acceptors (Lipinski definition) is 7. The molecule has 164 valence electrons. The van der Waals surface area contributed by atoms with Crippen LogP contribution >= 0.6 is 0 Å². The summed E-state index contributed by atoms with van der Waals surface area (Å²) in [5.41, 5.74) is 2.29. The number of tetrazole rings is 1. The number of ether oxygens (including phenoxy) is 2. The van der Waals surface area contributed by atoms with E-state index in [9.17, 15) is 0 Å². The van der Waals surface area contributed by atoms with Crippen LogP contribution < -0.4 is 14.4 Å². The molecule has 0 aliphatic carbocycles. The first kappa shape index (κ1) is 21.1. The number of rotatable bonds is 7. The maximum Gasteiger partial charge on any atom is 0.173 e. The van der Waals surface area contributed by atoms with Crippen molar-refractivity contribution in [3.63, 3.8) is 0 Å². The zero-order valence-corrected chi connectivity index (χ0v) is 18.6. The topological polar surface area (TPSA) is 68.5 Å². The van der Waals surface area contributed by atoms with Gasteiger partial charge in [-0.3, -0.25) is 4.90 Å². The maximum absolute atomic E-state index is 5.57. The molecule has 0 unspecified atom stereocenters. The molecule has 0 bridgehead atoms. The van der Waals surface area contributed by atoms with Gasteiger partial charge in [-0.15, -0.1) is 5.10 Å². The van der Waals surface area contributed by atoms with Gasteiger partial charge in [0.1, 0.15) is 11.5 Å². The van der Waals surface area contributed by atoms with E-state index in [0.717, 1.165) is 54.8 Å².